The van der Waals surface area contributed by atoms with Crippen LogP contribution in [0.1, 0.15) is 45.1 Å². The average Bonchev–Trinajstić information content (AvgIpc) is 2.97. The first-order chi connectivity index (χ1) is 19.7. The maximum atomic E-state index is 12.1. The van der Waals surface area contributed by atoms with Crippen LogP contribution in [0.3, 0.4) is 0 Å². The molecule has 41 heavy (non-hydrogen) atoms. The summed E-state index contributed by atoms with van der Waals surface area (Å²) in [4.78, 5) is 21.4. The number of amides is 1. The lowest BCUT2D eigenvalue weighted by Crippen LogP contribution is -2.53. The molecule has 9 nitrogen and oxygen atoms in total. The molecule has 230 valence electrons. The van der Waals surface area contributed by atoms with Gasteiger partial charge < -0.3 is 36.4 Å². The standard InChI is InChI=1S/C27H47N8OP.C4H8/c1-6-23-26(29-18-24(36)32(3)4)31-27(25(28)37-23)30-20-7-8-22(19(2)17-20)35-11-9-21(10-12-35)34-15-13-33(5)14-16-34;1-3-4-2/h7-8,17,21,25,27,29-31,37H,6,9-16,18,28H2,1-5H3;3H,1,4H2,2H3. The minimum Gasteiger partial charge on any atom is -0.371 e. The first kappa shape index (κ1) is 33.2. The Hall–Kier alpha value is -2.32. The van der Waals surface area contributed by atoms with Crippen LogP contribution in [0, 0.1) is 6.92 Å². The molecule has 1 aromatic carbocycles. The van der Waals surface area contributed by atoms with Gasteiger partial charge in [0.05, 0.1) is 12.3 Å². The Balaban J connectivity index is 0.00000108. The Morgan fingerprint density at radius 1 is 1.17 bits per heavy atom. The molecule has 3 aliphatic heterocycles. The summed E-state index contributed by atoms with van der Waals surface area (Å²) in [7, 11) is 6.28. The lowest BCUT2D eigenvalue weighted by Gasteiger charge is -2.43. The lowest BCUT2D eigenvalue weighted by atomic mass is 10.0. The molecule has 3 unspecified atom stereocenters. The third-order valence-electron chi connectivity index (χ3n) is 8.24. The highest BCUT2D eigenvalue weighted by atomic mass is 31.1. The molecule has 0 aromatic heterocycles. The summed E-state index contributed by atoms with van der Waals surface area (Å²) in [6, 6.07) is 7.39. The van der Waals surface area contributed by atoms with E-state index in [9.17, 15) is 4.79 Å². The maximum Gasteiger partial charge on any atom is 0.241 e. The second-order valence-electron chi connectivity index (χ2n) is 11.5. The number of aryl methyl sites for hydroxylation is 1. The van der Waals surface area contributed by atoms with E-state index in [4.69, 9.17) is 5.73 Å². The zero-order valence-electron chi connectivity index (χ0n) is 26.3. The van der Waals surface area contributed by atoms with Gasteiger partial charge in [0.1, 0.15) is 12.0 Å². The minimum absolute atomic E-state index is 0.0290. The fourth-order valence-electron chi connectivity index (χ4n) is 5.51. The van der Waals surface area contributed by atoms with Gasteiger partial charge in [0.15, 0.2) is 0 Å². The normalized spacial score (nSPS) is 23.0. The number of piperazine rings is 1. The van der Waals surface area contributed by atoms with Crippen molar-refractivity contribution in [1.82, 2.24) is 25.3 Å². The molecular weight excluding hydrogens is 531 g/mol. The van der Waals surface area contributed by atoms with Crippen molar-refractivity contribution < 1.29 is 4.79 Å². The second kappa shape index (κ2) is 16.4. The molecule has 2 fully saturated rings. The van der Waals surface area contributed by atoms with Crippen LogP contribution in [0.25, 0.3) is 0 Å². The van der Waals surface area contributed by atoms with Crippen molar-refractivity contribution in [2.45, 2.75) is 64.4 Å². The van der Waals surface area contributed by atoms with E-state index in [0.29, 0.717) is 8.58 Å². The number of nitrogens with zero attached hydrogens (tertiary/aromatic N) is 4. The van der Waals surface area contributed by atoms with Crippen LogP contribution >= 0.6 is 8.58 Å². The topological polar surface area (TPSA) is 92.1 Å². The van der Waals surface area contributed by atoms with Gasteiger partial charge in [-0.3, -0.25) is 9.69 Å². The summed E-state index contributed by atoms with van der Waals surface area (Å²) in [5.41, 5.74) is 10.2. The van der Waals surface area contributed by atoms with Crippen molar-refractivity contribution >= 4 is 25.9 Å². The Kier molecular flexibility index (Phi) is 13.2. The molecule has 0 aliphatic carbocycles. The van der Waals surface area contributed by atoms with Crippen molar-refractivity contribution in [3.8, 4) is 0 Å². The van der Waals surface area contributed by atoms with Crippen LogP contribution in [-0.4, -0.2) is 106 Å². The van der Waals surface area contributed by atoms with Gasteiger partial charge in [0.25, 0.3) is 0 Å². The highest BCUT2D eigenvalue weighted by Gasteiger charge is 2.29. The van der Waals surface area contributed by atoms with Crippen molar-refractivity contribution in [2.75, 3.05) is 77.2 Å². The zero-order valence-corrected chi connectivity index (χ0v) is 27.3. The van der Waals surface area contributed by atoms with Gasteiger partial charge in [-0.25, -0.2) is 0 Å². The molecule has 0 bridgehead atoms. The molecule has 0 saturated carbocycles. The number of likely N-dealkylation sites (N-methyl/N-ethyl adjacent to an activating group) is 2. The number of allylic oxidation sites excluding steroid dienone is 2. The van der Waals surface area contributed by atoms with Gasteiger partial charge in [-0.2, -0.15) is 0 Å². The Labute approximate surface area is 250 Å². The quantitative estimate of drug-likeness (QED) is 0.259. The molecule has 0 spiro atoms. The summed E-state index contributed by atoms with van der Waals surface area (Å²) < 4.78 is 0. The van der Waals surface area contributed by atoms with Gasteiger partial charge in [-0.15, -0.1) is 6.58 Å². The number of nitrogens with one attached hydrogen (secondary N) is 3. The minimum atomic E-state index is -0.102. The third-order valence-corrected chi connectivity index (χ3v) is 9.86. The van der Waals surface area contributed by atoms with E-state index in [-0.39, 0.29) is 24.4 Å². The van der Waals surface area contributed by atoms with Gasteiger partial charge in [-0.1, -0.05) is 28.5 Å². The summed E-state index contributed by atoms with van der Waals surface area (Å²) in [5, 5.41) is 11.7. The van der Waals surface area contributed by atoms with Gasteiger partial charge in [0.2, 0.25) is 5.91 Å². The Morgan fingerprint density at radius 3 is 2.39 bits per heavy atom. The van der Waals surface area contributed by atoms with Crippen molar-refractivity contribution in [3.05, 3.63) is 47.6 Å². The molecule has 10 heteroatoms. The predicted molar refractivity (Wildman–Crippen MR) is 177 cm³/mol. The van der Waals surface area contributed by atoms with Gasteiger partial charge >= 0.3 is 0 Å². The molecular formula is C31H55N8OP. The van der Waals surface area contributed by atoms with E-state index in [2.05, 4.69) is 83.2 Å². The first-order valence-electron chi connectivity index (χ1n) is 15.3. The van der Waals surface area contributed by atoms with E-state index >= 15 is 0 Å². The van der Waals surface area contributed by atoms with Crippen LogP contribution in [0.5, 0.6) is 0 Å². The summed E-state index contributed by atoms with van der Waals surface area (Å²) in [6.45, 7) is 17.2. The number of carbonyl (C=O) groups is 1. The van der Waals surface area contributed by atoms with Crippen molar-refractivity contribution in [3.63, 3.8) is 0 Å². The van der Waals surface area contributed by atoms with Crippen molar-refractivity contribution in [1.29, 1.82) is 0 Å². The van der Waals surface area contributed by atoms with Crippen molar-refractivity contribution in [2.24, 2.45) is 5.73 Å². The third kappa shape index (κ3) is 9.60. The SMILES string of the molecule is C=CCC.CCC1=C(NCC(=O)N(C)C)NC(Nc2ccc(N3CCC(N4CCN(C)CC4)CC3)c(C)c2)C(N)P1. The number of rotatable bonds is 9. The van der Waals surface area contributed by atoms with Crippen LogP contribution in [0.2, 0.25) is 0 Å². The largest absolute Gasteiger partial charge is 0.371 e. The predicted octanol–water partition coefficient (Wildman–Crippen LogP) is 3.36. The van der Waals surface area contributed by atoms with Crippen LogP contribution < -0.4 is 26.6 Å². The summed E-state index contributed by atoms with van der Waals surface area (Å²) >= 11 is 0. The number of hydrogen-bond donors (Lipinski definition) is 4. The highest BCUT2D eigenvalue weighted by Crippen LogP contribution is 2.37. The summed E-state index contributed by atoms with van der Waals surface area (Å²) in [6.07, 6.45) is 6.24. The van der Waals surface area contributed by atoms with E-state index in [1.54, 1.807) is 19.0 Å². The van der Waals surface area contributed by atoms with Gasteiger partial charge in [-0.05, 0) is 68.7 Å². The summed E-state index contributed by atoms with van der Waals surface area (Å²) in [5.74, 6) is 0.955. The number of carbonyl (C=O) groups excluding carboxylic acids is 1. The smallest absolute Gasteiger partial charge is 0.241 e. The highest BCUT2D eigenvalue weighted by molar-refractivity contribution is 7.44. The fraction of sp³-hybridized carbons (Fsp3) is 0.645. The van der Waals surface area contributed by atoms with E-state index < -0.39 is 0 Å². The van der Waals surface area contributed by atoms with E-state index in [1.807, 2.05) is 6.08 Å². The monoisotopic (exact) mass is 586 g/mol. The van der Waals surface area contributed by atoms with E-state index in [1.165, 1.54) is 55.6 Å². The van der Waals surface area contributed by atoms with Gasteiger partial charge in [0, 0.05) is 70.8 Å². The number of anilines is 2. The Morgan fingerprint density at radius 2 is 1.83 bits per heavy atom. The zero-order chi connectivity index (χ0) is 29.9. The fourth-order valence-corrected chi connectivity index (χ4v) is 6.76. The molecule has 1 aromatic rings. The number of benzene rings is 1. The average molecular weight is 587 g/mol. The number of hydrogen-bond acceptors (Lipinski definition) is 8. The molecule has 3 heterocycles. The van der Waals surface area contributed by atoms with Crippen LogP contribution in [-0.2, 0) is 4.79 Å². The molecule has 3 atom stereocenters. The Bertz CT molecular complexity index is 1020. The van der Waals surface area contributed by atoms with E-state index in [0.717, 1.165) is 43.5 Å². The molecule has 1 amide bonds. The molecule has 2 saturated heterocycles. The second-order valence-corrected chi connectivity index (χ2v) is 13.1. The number of nitrogens with two attached hydrogens (primary N) is 1. The molecule has 4 rings (SSSR count). The molecule has 3 aliphatic rings. The maximum absolute atomic E-state index is 12.1. The molecule has 0 radical (unpaired) electrons. The van der Waals surface area contributed by atoms with Crippen LogP contribution in [0.4, 0.5) is 11.4 Å². The number of piperidine rings is 1. The van der Waals surface area contributed by atoms with Crippen LogP contribution in [0.15, 0.2) is 42.0 Å². The first-order valence-corrected chi connectivity index (χ1v) is 16.4. The lowest BCUT2D eigenvalue weighted by molar-refractivity contribution is -0.127. The molecule has 5 N–H and O–H groups in total.